The summed E-state index contributed by atoms with van der Waals surface area (Å²) in [5, 5.41) is 23.0. The molecule has 0 rings (SSSR count). The summed E-state index contributed by atoms with van der Waals surface area (Å²) in [7, 11) is -4.43. The van der Waals surface area contributed by atoms with Crippen LogP contribution in [0, 0.1) is 0 Å². The molecule has 0 saturated heterocycles. The van der Waals surface area contributed by atoms with Gasteiger partial charge in [-0.05, 0) is 32.1 Å². The van der Waals surface area contributed by atoms with E-state index in [0.717, 1.165) is 32.1 Å². The molecule has 0 aromatic rings. The number of amides is 1. The molecule has 0 aliphatic heterocycles. The van der Waals surface area contributed by atoms with Crippen molar-refractivity contribution < 1.29 is 28.0 Å². The number of hydrogen-bond donors (Lipinski definition) is 4. The van der Waals surface area contributed by atoms with Gasteiger partial charge in [-0.15, -0.1) is 0 Å². The van der Waals surface area contributed by atoms with E-state index in [-0.39, 0.29) is 6.42 Å². The number of rotatable bonds is 24. The molecule has 0 aliphatic carbocycles. The minimum Gasteiger partial charge on any atom is -0.387 e. The van der Waals surface area contributed by atoms with Crippen LogP contribution >= 0.6 is 0 Å². The zero-order valence-electron chi connectivity index (χ0n) is 22.7. The minimum atomic E-state index is -4.43. The van der Waals surface area contributed by atoms with E-state index in [4.69, 9.17) is 0 Å². The molecule has 36 heavy (non-hydrogen) atoms. The van der Waals surface area contributed by atoms with E-state index in [1.807, 2.05) is 0 Å². The van der Waals surface area contributed by atoms with Crippen molar-refractivity contribution in [2.45, 2.75) is 141 Å². The number of aliphatic hydroxyl groups excluding tert-OH is 2. The maximum absolute atomic E-state index is 12.4. The number of carbonyl (C=O) groups excluding carboxylic acids is 1. The number of carbonyl (C=O) groups is 1. The van der Waals surface area contributed by atoms with Gasteiger partial charge in [0.15, 0.2) is 0 Å². The summed E-state index contributed by atoms with van der Waals surface area (Å²) in [4.78, 5) is 12.4. The predicted octanol–water partition coefficient (Wildman–Crippen LogP) is 5.86. The van der Waals surface area contributed by atoms with Gasteiger partial charge in [0.05, 0.1) is 17.9 Å². The SMILES string of the molecule is CCCCCC/C=C/CC/C=C/C(O)C(CS(=O)(=O)O)NC(=O)C(O)CCCCCCCCCCC. The van der Waals surface area contributed by atoms with Gasteiger partial charge < -0.3 is 15.5 Å². The van der Waals surface area contributed by atoms with E-state index in [9.17, 15) is 28.0 Å². The van der Waals surface area contributed by atoms with Crippen LogP contribution in [-0.2, 0) is 14.9 Å². The van der Waals surface area contributed by atoms with Crippen molar-refractivity contribution >= 4 is 16.0 Å². The van der Waals surface area contributed by atoms with Crippen molar-refractivity contribution in [3.05, 3.63) is 24.3 Å². The molecule has 7 nitrogen and oxygen atoms in total. The maximum Gasteiger partial charge on any atom is 0.267 e. The summed E-state index contributed by atoms with van der Waals surface area (Å²) < 4.78 is 32.0. The Labute approximate surface area is 220 Å². The number of nitrogens with one attached hydrogen (secondary N) is 1. The highest BCUT2D eigenvalue weighted by atomic mass is 32.2. The van der Waals surface area contributed by atoms with Crippen LogP contribution in [-0.4, -0.2) is 53.1 Å². The molecule has 0 aromatic carbocycles. The molecular weight excluding hydrogens is 478 g/mol. The highest BCUT2D eigenvalue weighted by molar-refractivity contribution is 7.85. The Balaban J connectivity index is 4.39. The van der Waals surface area contributed by atoms with Gasteiger partial charge in [-0.1, -0.05) is 115 Å². The normalized spacial score (nSPS) is 14.9. The molecule has 0 fully saturated rings. The Morgan fingerprint density at radius 2 is 1.25 bits per heavy atom. The van der Waals surface area contributed by atoms with Gasteiger partial charge in [0.2, 0.25) is 5.91 Å². The van der Waals surface area contributed by atoms with Gasteiger partial charge in [0, 0.05) is 0 Å². The first-order valence-corrected chi connectivity index (χ1v) is 15.8. The molecule has 4 N–H and O–H groups in total. The van der Waals surface area contributed by atoms with E-state index >= 15 is 0 Å². The van der Waals surface area contributed by atoms with Crippen LogP contribution < -0.4 is 5.32 Å². The second kappa shape index (κ2) is 22.9. The second-order valence-corrected chi connectivity index (χ2v) is 11.3. The molecule has 212 valence electrons. The standard InChI is InChI=1S/C28H53NO6S/c1-3-5-7-9-11-13-15-16-18-20-22-26(30)25(24-36(33,34)35)29-28(32)27(31)23-21-19-17-14-12-10-8-6-4-2/h13,15,20,22,25-27,30-31H,3-12,14,16-19,21,23-24H2,1-2H3,(H,29,32)(H,33,34,35)/b15-13+,22-20+. The van der Waals surface area contributed by atoms with Crippen molar-refractivity contribution in [3.8, 4) is 0 Å². The zero-order chi connectivity index (χ0) is 27.1. The average molecular weight is 532 g/mol. The van der Waals surface area contributed by atoms with Crippen molar-refractivity contribution in [3.63, 3.8) is 0 Å². The molecule has 3 atom stereocenters. The number of unbranched alkanes of at least 4 members (excludes halogenated alkanes) is 13. The molecule has 0 heterocycles. The van der Waals surface area contributed by atoms with Crippen LogP contribution in [0.15, 0.2) is 24.3 Å². The first kappa shape index (κ1) is 34.8. The van der Waals surface area contributed by atoms with Gasteiger partial charge >= 0.3 is 0 Å². The van der Waals surface area contributed by atoms with Crippen molar-refractivity contribution in [2.24, 2.45) is 0 Å². The first-order chi connectivity index (χ1) is 17.2. The van der Waals surface area contributed by atoms with Crippen LogP contribution in [0.25, 0.3) is 0 Å². The smallest absolute Gasteiger partial charge is 0.267 e. The summed E-state index contributed by atoms with van der Waals surface area (Å²) in [6.45, 7) is 4.38. The van der Waals surface area contributed by atoms with E-state index in [2.05, 4.69) is 31.3 Å². The number of hydrogen-bond acceptors (Lipinski definition) is 5. The lowest BCUT2D eigenvalue weighted by Crippen LogP contribution is -2.50. The Hall–Kier alpha value is -1.22. The van der Waals surface area contributed by atoms with Gasteiger partial charge in [0.25, 0.3) is 10.1 Å². The fraction of sp³-hybridized carbons (Fsp3) is 0.821. The average Bonchev–Trinajstić information content (AvgIpc) is 2.82. The van der Waals surface area contributed by atoms with E-state index in [1.54, 1.807) is 6.08 Å². The highest BCUT2D eigenvalue weighted by Gasteiger charge is 2.27. The Morgan fingerprint density at radius 1 is 0.750 bits per heavy atom. The lowest BCUT2D eigenvalue weighted by Gasteiger charge is -2.22. The molecule has 0 bridgehead atoms. The molecule has 8 heteroatoms. The second-order valence-electron chi connectivity index (χ2n) is 9.81. The van der Waals surface area contributed by atoms with Crippen molar-refractivity contribution in [1.82, 2.24) is 5.32 Å². The molecule has 3 unspecified atom stereocenters. The van der Waals surface area contributed by atoms with Crippen LogP contribution in [0.3, 0.4) is 0 Å². The fourth-order valence-electron chi connectivity index (χ4n) is 4.00. The third kappa shape index (κ3) is 22.0. The maximum atomic E-state index is 12.4. The third-order valence-corrected chi connectivity index (χ3v) is 7.02. The number of allylic oxidation sites excluding steroid dienone is 3. The lowest BCUT2D eigenvalue weighted by atomic mass is 10.0. The van der Waals surface area contributed by atoms with Crippen molar-refractivity contribution in [1.29, 1.82) is 0 Å². The van der Waals surface area contributed by atoms with Gasteiger partial charge in [-0.3, -0.25) is 9.35 Å². The summed E-state index contributed by atoms with van der Waals surface area (Å²) >= 11 is 0. The van der Waals surface area contributed by atoms with Crippen LogP contribution in [0.2, 0.25) is 0 Å². The van der Waals surface area contributed by atoms with E-state index in [0.29, 0.717) is 12.8 Å². The molecule has 0 aliphatic rings. The number of aliphatic hydroxyl groups is 2. The molecule has 0 spiro atoms. The van der Waals surface area contributed by atoms with E-state index < -0.39 is 40.0 Å². The topological polar surface area (TPSA) is 124 Å². The van der Waals surface area contributed by atoms with Crippen LogP contribution in [0.1, 0.15) is 123 Å². The summed E-state index contributed by atoms with van der Waals surface area (Å²) in [6.07, 6.45) is 22.6. The Kier molecular flexibility index (Phi) is 22.2. The molecule has 1 amide bonds. The lowest BCUT2D eigenvalue weighted by molar-refractivity contribution is -0.130. The van der Waals surface area contributed by atoms with Crippen molar-refractivity contribution in [2.75, 3.05) is 5.75 Å². The molecule has 0 saturated carbocycles. The van der Waals surface area contributed by atoms with E-state index in [1.165, 1.54) is 63.9 Å². The van der Waals surface area contributed by atoms with Gasteiger partial charge in [0.1, 0.15) is 6.10 Å². The Morgan fingerprint density at radius 3 is 1.83 bits per heavy atom. The zero-order valence-corrected chi connectivity index (χ0v) is 23.6. The third-order valence-electron chi connectivity index (χ3n) is 6.24. The highest BCUT2D eigenvalue weighted by Crippen LogP contribution is 2.12. The summed E-state index contributed by atoms with van der Waals surface area (Å²) in [5.74, 6) is -1.56. The predicted molar refractivity (Wildman–Crippen MR) is 148 cm³/mol. The van der Waals surface area contributed by atoms with Crippen LogP contribution in [0.5, 0.6) is 0 Å². The van der Waals surface area contributed by atoms with Gasteiger partial charge in [-0.2, -0.15) is 8.42 Å². The molecule has 0 radical (unpaired) electrons. The summed E-state index contributed by atoms with van der Waals surface area (Å²) in [6, 6.07) is -1.24. The minimum absolute atomic E-state index is 0.275. The first-order valence-electron chi connectivity index (χ1n) is 14.1. The largest absolute Gasteiger partial charge is 0.387 e. The quantitative estimate of drug-likeness (QED) is 0.0702. The molecule has 0 aromatic heterocycles. The fourth-order valence-corrected chi connectivity index (χ4v) is 4.73. The van der Waals surface area contributed by atoms with Crippen LogP contribution in [0.4, 0.5) is 0 Å². The van der Waals surface area contributed by atoms with Gasteiger partial charge in [-0.25, -0.2) is 0 Å². The summed E-state index contributed by atoms with van der Waals surface area (Å²) in [5.41, 5.74) is 0. The Bertz CT molecular complexity index is 692. The molecular formula is C28H53NO6S. The monoisotopic (exact) mass is 531 g/mol.